The zero-order valence-electron chi connectivity index (χ0n) is 27.3. The Morgan fingerprint density at radius 2 is 0.708 bits per heavy atom. The van der Waals surface area contributed by atoms with Crippen LogP contribution in [0.1, 0.15) is 41.8 Å². The zero-order chi connectivity index (χ0) is 31.3. The topological polar surface area (TPSA) is 0 Å². The number of halogens is 2. The molecule has 2 unspecified atom stereocenters. The molecule has 2 aliphatic carbocycles. The van der Waals surface area contributed by atoms with Crippen molar-refractivity contribution in [2.75, 3.05) is 0 Å². The molecule has 0 fully saturated rings. The van der Waals surface area contributed by atoms with E-state index in [1.54, 1.807) is 0 Å². The molecule has 6 aromatic carbocycles. The zero-order valence-corrected chi connectivity index (χ0v) is 32.0. The van der Waals surface area contributed by atoms with Gasteiger partial charge in [-0.25, -0.2) is 0 Å². The molecule has 0 amide bonds. The third-order valence-corrected chi connectivity index (χ3v) is 21.6. The fourth-order valence-electron chi connectivity index (χ4n) is 8.51. The van der Waals surface area contributed by atoms with Crippen LogP contribution in [0.2, 0.25) is 10.5 Å². The SMILES string of the molecule is Cl.Cl.[CH3][Ti]([CH3])(=[SiH2])([CH]1C(c2ccccc2)=Cc2c(-c3ccccc3)cccc21)[CH]1C(c2ccccc2)=Cc2c(-c3ccccc3)cccc21. The van der Waals surface area contributed by atoms with Gasteiger partial charge in [0.1, 0.15) is 0 Å². The first kappa shape index (κ1) is 34.2. The van der Waals surface area contributed by atoms with Crippen molar-refractivity contribution in [3.05, 3.63) is 191 Å². The molecule has 48 heavy (non-hydrogen) atoms. The van der Waals surface area contributed by atoms with Gasteiger partial charge in [-0.15, -0.1) is 24.8 Å². The molecule has 4 heteroatoms. The van der Waals surface area contributed by atoms with Gasteiger partial charge in [-0.3, -0.25) is 0 Å². The first-order valence-corrected chi connectivity index (χ1v) is 25.3. The second-order valence-corrected chi connectivity index (χ2v) is 34.3. The van der Waals surface area contributed by atoms with Crippen molar-refractivity contribution in [1.82, 2.24) is 0 Å². The van der Waals surface area contributed by atoms with Gasteiger partial charge in [0.25, 0.3) is 0 Å². The molecular weight excluding hydrogens is 675 g/mol. The molecule has 0 saturated carbocycles. The Labute approximate surface area is 300 Å². The second kappa shape index (κ2) is 13.3. The minimum atomic E-state index is -3.68. The summed E-state index contributed by atoms with van der Waals surface area (Å²) in [4.78, 5) is 0. The Bertz CT molecular complexity index is 2060. The van der Waals surface area contributed by atoms with Crippen LogP contribution in [0.25, 0.3) is 45.6 Å². The van der Waals surface area contributed by atoms with E-state index in [1.165, 1.54) is 66.8 Å². The summed E-state index contributed by atoms with van der Waals surface area (Å²) < 4.78 is 0.694. The molecule has 0 aliphatic heterocycles. The molecule has 6 aromatic rings. The van der Waals surface area contributed by atoms with E-state index in [1.807, 2.05) is 0 Å². The molecule has 0 radical (unpaired) electrons. The minimum absolute atomic E-state index is 0. The summed E-state index contributed by atoms with van der Waals surface area (Å²) in [6, 6.07) is 58.3. The predicted octanol–water partition coefficient (Wildman–Crippen LogP) is 12.1. The van der Waals surface area contributed by atoms with Crippen LogP contribution in [0.4, 0.5) is 0 Å². The fraction of sp³-hybridized carbons (Fsp3) is 0.0909. The number of allylic oxidation sites excluding steroid dienone is 2. The van der Waals surface area contributed by atoms with E-state index >= 15 is 0 Å². The van der Waals surface area contributed by atoms with Crippen LogP contribution < -0.4 is 0 Å². The third kappa shape index (κ3) is 5.72. The van der Waals surface area contributed by atoms with Crippen LogP contribution in [-0.4, -0.2) is 7.63 Å². The molecule has 0 spiro atoms. The van der Waals surface area contributed by atoms with Crippen LogP contribution in [0, 0.1) is 0 Å². The number of fused-ring (bicyclic) bond motifs is 2. The first-order valence-electron chi connectivity index (χ1n) is 16.4. The van der Waals surface area contributed by atoms with Crippen LogP contribution in [0.5, 0.6) is 0 Å². The molecule has 0 N–H and O–H groups in total. The molecule has 0 heterocycles. The van der Waals surface area contributed by atoms with Gasteiger partial charge < -0.3 is 0 Å². The van der Waals surface area contributed by atoms with Crippen molar-refractivity contribution >= 4 is 55.7 Å². The summed E-state index contributed by atoms with van der Waals surface area (Å²) in [5.41, 5.74) is 16.7. The van der Waals surface area contributed by atoms with Crippen LogP contribution >= 0.6 is 24.8 Å². The fourth-order valence-corrected chi connectivity index (χ4v) is 20.6. The Morgan fingerprint density at radius 1 is 0.396 bits per heavy atom. The van der Waals surface area contributed by atoms with Gasteiger partial charge in [-0.2, -0.15) is 0 Å². The van der Waals surface area contributed by atoms with E-state index in [0.717, 1.165) is 0 Å². The summed E-state index contributed by atoms with van der Waals surface area (Å²) in [5, 5.41) is 5.46. The summed E-state index contributed by atoms with van der Waals surface area (Å²) in [5.74, 6) is 0. The van der Waals surface area contributed by atoms with Gasteiger partial charge in [-0.1, -0.05) is 0 Å². The van der Waals surface area contributed by atoms with E-state index < -0.39 is 14.0 Å². The second-order valence-electron chi connectivity index (χ2n) is 14.1. The van der Waals surface area contributed by atoms with E-state index in [2.05, 4.69) is 188 Å². The van der Waals surface area contributed by atoms with E-state index in [4.69, 9.17) is 0 Å². The van der Waals surface area contributed by atoms with Crippen molar-refractivity contribution < 1.29 is 14.0 Å². The van der Waals surface area contributed by atoms with Crippen molar-refractivity contribution in [2.24, 2.45) is 0 Å². The maximum absolute atomic E-state index is 3.68. The maximum atomic E-state index is 2.73. The summed E-state index contributed by atoms with van der Waals surface area (Å²) >= 11 is -3.68. The van der Waals surface area contributed by atoms with E-state index in [0.29, 0.717) is 8.45 Å². The average Bonchev–Trinajstić information content (AvgIpc) is 3.71. The van der Waals surface area contributed by atoms with Crippen molar-refractivity contribution in [3.63, 3.8) is 0 Å². The van der Waals surface area contributed by atoms with Crippen molar-refractivity contribution in [3.8, 4) is 22.3 Å². The number of hydrogen-bond acceptors (Lipinski definition) is 0. The molecule has 0 bridgehead atoms. The average molecular weight is 716 g/mol. The molecular formula is C44H40Cl2SiTi. The molecule has 2 aliphatic rings. The van der Waals surface area contributed by atoms with Gasteiger partial charge in [-0.05, 0) is 0 Å². The Morgan fingerprint density at radius 3 is 1.04 bits per heavy atom. The number of hydrogen-bond donors (Lipinski definition) is 0. The Kier molecular flexibility index (Phi) is 9.48. The van der Waals surface area contributed by atoms with Gasteiger partial charge in [0.2, 0.25) is 0 Å². The summed E-state index contributed by atoms with van der Waals surface area (Å²) in [6.07, 6.45) is 5.09. The summed E-state index contributed by atoms with van der Waals surface area (Å²) in [7, 11) is 2.40. The van der Waals surface area contributed by atoms with Gasteiger partial charge in [0.15, 0.2) is 0 Å². The van der Waals surface area contributed by atoms with Crippen molar-refractivity contribution in [2.45, 2.75) is 18.9 Å². The number of rotatable bonds is 6. The number of benzene rings is 6. The molecule has 8 rings (SSSR count). The molecule has 2 atom stereocenters. The molecule has 0 aromatic heterocycles. The van der Waals surface area contributed by atoms with Gasteiger partial charge in [0.05, 0.1) is 0 Å². The monoisotopic (exact) mass is 714 g/mol. The van der Waals surface area contributed by atoms with E-state index in [-0.39, 0.29) is 24.8 Å². The van der Waals surface area contributed by atoms with Crippen molar-refractivity contribution in [1.29, 1.82) is 0 Å². The van der Waals surface area contributed by atoms with Crippen LogP contribution in [0.3, 0.4) is 0 Å². The normalized spacial score (nSPS) is 16.5. The van der Waals surface area contributed by atoms with Gasteiger partial charge >= 0.3 is 277 Å². The standard InChI is InChI=1S/2C21H15.2CH3.2ClH.H2Si.Ti/c2*1-3-8-16(9-4-1)19-14-18-12-7-13-20(21(18)15-19)17-10-5-2-6-11-17;;;;;;/h2*1-15H;2*1H3;2*1H;1H2;. The van der Waals surface area contributed by atoms with Crippen LogP contribution in [-0.2, 0) is 14.0 Å². The van der Waals surface area contributed by atoms with E-state index in [9.17, 15) is 0 Å². The predicted molar refractivity (Wildman–Crippen MR) is 213 cm³/mol. The Balaban J connectivity index is 0.00000201. The van der Waals surface area contributed by atoms with Crippen LogP contribution in [0.15, 0.2) is 158 Å². The first-order chi connectivity index (χ1) is 22.4. The molecule has 0 saturated heterocycles. The molecule has 238 valence electrons. The quantitative estimate of drug-likeness (QED) is 0.151. The third-order valence-electron chi connectivity index (χ3n) is 10.4. The van der Waals surface area contributed by atoms with Gasteiger partial charge in [0, 0.05) is 0 Å². The Hall–Kier alpha value is -3.69. The molecule has 0 nitrogen and oxygen atoms in total. The summed E-state index contributed by atoms with van der Waals surface area (Å²) in [6.45, 7) is 0.